The molecule has 6 aromatic rings. The molecule has 7 heteroatoms. The highest BCUT2D eigenvalue weighted by Gasteiger charge is 2.25. The van der Waals surface area contributed by atoms with Gasteiger partial charge in [0.25, 0.3) is 5.91 Å². The van der Waals surface area contributed by atoms with Crippen LogP contribution < -0.4 is 10.1 Å². The molecule has 1 amide bonds. The molecule has 1 aliphatic rings. The molecule has 4 aromatic carbocycles. The van der Waals surface area contributed by atoms with Crippen LogP contribution in [0.25, 0.3) is 16.6 Å². The number of pyridine rings is 1. The van der Waals surface area contributed by atoms with Crippen molar-refractivity contribution in [2.24, 2.45) is 4.99 Å². The average molecular weight is 606 g/mol. The van der Waals surface area contributed by atoms with Crippen molar-refractivity contribution in [3.05, 3.63) is 149 Å². The van der Waals surface area contributed by atoms with Gasteiger partial charge in [0, 0.05) is 35.2 Å². The number of rotatable bonds is 9. The number of aromatic nitrogens is 3. The highest BCUT2D eigenvalue weighted by molar-refractivity contribution is 6.14. The SMILES string of the molecule is COc1ccccc1C(=O)NCc1ccc(-n2nc(C3CCCC3)c3ccnc(N=C(c4ccccc4)c4ccccc4)c32)cc1. The first-order valence-corrected chi connectivity index (χ1v) is 15.8. The van der Waals surface area contributed by atoms with Gasteiger partial charge in [-0.25, -0.2) is 14.7 Å². The van der Waals surface area contributed by atoms with E-state index >= 15 is 0 Å². The van der Waals surface area contributed by atoms with Gasteiger partial charge in [0.15, 0.2) is 5.82 Å². The van der Waals surface area contributed by atoms with E-state index in [1.807, 2.05) is 83.7 Å². The first kappa shape index (κ1) is 29.2. The predicted octanol–water partition coefficient (Wildman–Crippen LogP) is 8.19. The summed E-state index contributed by atoms with van der Waals surface area (Å²) in [7, 11) is 1.57. The van der Waals surface area contributed by atoms with Crippen LogP contribution in [-0.4, -0.2) is 33.5 Å². The smallest absolute Gasteiger partial charge is 0.255 e. The maximum Gasteiger partial charge on any atom is 0.255 e. The summed E-state index contributed by atoms with van der Waals surface area (Å²) in [5.74, 6) is 1.41. The third kappa shape index (κ3) is 5.92. The molecule has 46 heavy (non-hydrogen) atoms. The number of carbonyl (C=O) groups is 1. The van der Waals surface area contributed by atoms with E-state index in [0.717, 1.165) is 57.5 Å². The lowest BCUT2D eigenvalue weighted by Crippen LogP contribution is -2.23. The monoisotopic (exact) mass is 605 g/mol. The van der Waals surface area contributed by atoms with Crippen molar-refractivity contribution < 1.29 is 9.53 Å². The number of hydrogen-bond donors (Lipinski definition) is 1. The molecule has 1 aliphatic carbocycles. The summed E-state index contributed by atoms with van der Waals surface area (Å²) in [6.07, 6.45) is 6.56. The van der Waals surface area contributed by atoms with Gasteiger partial charge in [0.1, 0.15) is 11.3 Å². The molecule has 0 aliphatic heterocycles. The Morgan fingerprint density at radius 1 is 0.848 bits per heavy atom. The molecule has 228 valence electrons. The highest BCUT2D eigenvalue weighted by Crippen LogP contribution is 2.39. The van der Waals surface area contributed by atoms with Crippen molar-refractivity contribution in [3.8, 4) is 11.4 Å². The molecule has 1 N–H and O–H groups in total. The summed E-state index contributed by atoms with van der Waals surface area (Å²) >= 11 is 0. The molecular formula is C39H35N5O2. The van der Waals surface area contributed by atoms with Gasteiger partial charge in [-0.1, -0.05) is 97.8 Å². The minimum atomic E-state index is -0.179. The summed E-state index contributed by atoms with van der Waals surface area (Å²) in [5, 5.41) is 9.35. The Hall–Kier alpha value is -5.56. The number of carbonyl (C=O) groups excluding carboxylic acids is 1. The summed E-state index contributed by atoms with van der Waals surface area (Å²) in [4.78, 5) is 22.9. The average Bonchev–Trinajstić information content (AvgIpc) is 3.80. The minimum Gasteiger partial charge on any atom is -0.496 e. The van der Waals surface area contributed by atoms with Crippen LogP contribution in [0.15, 0.2) is 126 Å². The molecule has 1 fully saturated rings. The number of ether oxygens (including phenoxy) is 1. The van der Waals surface area contributed by atoms with Crippen LogP contribution in [0.5, 0.6) is 5.75 Å². The van der Waals surface area contributed by atoms with Gasteiger partial charge in [0.05, 0.1) is 29.8 Å². The fourth-order valence-corrected chi connectivity index (χ4v) is 6.30. The predicted molar refractivity (Wildman–Crippen MR) is 182 cm³/mol. The Kier molecular flexibility index (Phi) is 8.37. The van der Waals surface area contributed by atoms with Crippen LogP contribution in [0, 0.1) is 0 Å². The van der Waals surface area contributed by atoms with Gasteiger partial charge >= 0.3 is 0 Å². The largest absolute Gasteiger partial charge is 0.496 e. The van der Waals surface area contributed by atoms with E-state index in [1.54, 1.807) is 19.2 Å². The van der Waals surface area contributed by atoms with Crippen molar-refractivity contribution in [1.29, 1.82) is 0 Å². The van der Waals surface area contributed by atoms with Crippen LogP contribution in [0.2, 0.25) is 0 Å². The minimum absolute atomic E-state index is 0.179. The molecule has 0 unspecified atom stereocenters. The number of hydrogen-bond acceptors (Lipinski definition) is 5. The second kappa shape index (κ2) is 13.2. The number of para-hydroxylation sites is 1. The first-order valence-electron chi connectivity index (χ1n) is 15.8. The first-order chi connectivity index (χ1) is 22.7. The maximum absolute atomic E-state index is 12.9. The Labute approximate surface area is 268 Å². The van der Waals surface area contributed by atoms with Crippen LogP contribution in [0.3, 0.4) is 0 Å². The van der Waals surface area contributed by atoms with Gasteiger partial charge in [0.2, 0.25) is 0 Å². The van der Waals surface area contributed by atoms with Crippen LogP contribution >= 0.6 is 0 Å². The normalized spacial score (nSPS) is 13.1. The van der Waals surface area contributed by atoms with E-state index in [-0.39, 0.29) is 5.91 Å². The Balaban J connectivity index is 1.27. The number of fused-ring (bicyclic) bond motifs is 1. The van der Waals surface area contributed by atoms with E-state index in [4.69, 9.17) is 19.8 Å². The standard InChI is InChI=1S/C39H35N5O2/c1-46-34-19-11-10-18-32(34)39(45)41-26-27-20-22-31(23-21-27)44-37-33(36(43-44)30-16-8-9-17-30)24-25-40-38(37)42-35(28-12-4-2-5-13-28)29-14-6-3-7-15-29/h2-7,10-15,18-25,30H,8-9,16-17,26H2,1H3,(H,41,45). The molecule has 1 saturated carbocycles. The topological polar surface area (TPSA) is 81.4 Å². The molecule has 2 aromatic heterocycles. The second-order valence-corrected chi connectivity index (χ2v) is 11.6. The Morgan fingerprint density at radius 3 is 2.17 bits per heavy atom. The number of aliphatic imine (C=N–C) groups is 1. The van der Waals surface area contributed by atoms with Crippen LogP contribution in [-0.2, 0) is 6.54 Å². The zero-order chi connectivity index (χ0) is 31.3. The van der Waals surface area contributed by atoms with E-state index in [1.165, 1.54) is 12.8 Å². The summed E-state index contributed by atoms with van der Waals surface area (Å²) < 4.78 is 7.36. The molecule has 0 atom stereocenters. The Bertz CT molecular complexity index is 1950. The number of benzene rings is 4. The molecule has 0 bridgehead atoms. The zero-order valence-corrected chi connectivity index (χ0v) is 25.8. The van der Waals surface area contributed by atoms with Crippen molar-refractivity contribution in [1.82, 2.24) is 20.1 Å². The number of amides is 1. The molecular weight excluding hydrogens is 570 g/mol. The summed E-state index contributed by atoms with van der Waals surface area (Å²) in [6.45, 7) is 0.388. The van der Waals surface area contributed by atoms with Crippen LogP contribution in [0.1, 0.15) is 64.3 Å². The molecule has 0 radical (unpaired) electrons. The zero-order valence-electron chi connectivity index (χ0n) is 25.8. The lowest BCUT2D eigenvalue weighted by atomic mass is 10.0. The third-order valence-electron chi connectivity index (χ3n) is 8.64. The summed E-state index contributed by atoms with van der Waals surface area (Å²) in [5.41, 5.74) is 7.31. The summed E-state index contributed by atoms with van der Waals surface area (Å²) in [6, 6.07) is 37.9. The van der Waals surface area contributed by atoms with E-state index in [9.17, 15) is 4.79 Å². The van der Waals surface area contributed by atoms with Gasteiger partial charge in [-0.15, -0.1) is 0 Å². The second-order valence-electron chi connectivity index (χ2n) is 11.6. The highest BCUT2D eigenvalue weighted by atomic mass is 16.5. The maximum atomic E-state index is 12.9. The Morgan fingerprint density at radius 2 is 1.50 bits per heavy atom. The number of nitrogens with zero attached hydrogens (tertiary/aromatic N) is 4. The van der Waals surface area contributed by atoms with E-state index in [0.29, 0.717) is 29.6 Å². The molecule has 7 nitrogen and oxygen atoms in total. The molecule has 2 heterocycles. The molecule has 0 spiro atoms. The molecule has 7 rings (SSSR count). The lowest BCUT2D eigenvalue weighted by Gasteiger charge is -2.11. The van der Waals surface area contributed by atoms with E-state index < -0.39 is 0 Å². The van der Waals surface area contributed by atoms with Crippen molar-refractivity contribution in [3.63, 3.8) is 0 Å². The quantitative estimate of drug-likeness (QED) is 0.169. The van der Waals surface area contributed by atoms with Gasteiger partial charge < -0.3 is 10.1 Å². The van der Waals surface area contributed by atoms with Crippen molar-refractivity contribution >= 4 is 28.3 Å². The fourth-order valence-electron chi connectivity index (χ4n) is 6.30. The van der Waals surface area contributed by atoms with Gasteiger partial charge in [-0.05, 0) is 48.7 Å². The van der Waals surface area contributed by atoms with E-state index in [2.05, 4.69) is 35.6 Å². The van der Waals surface area contributed by atoms with Crippen molar-refractivity contribution in [2.45, 2.75) is 38.1 Å². The molecule has 0 saturated heterocycles. The van der Waals surface area contributed by atoms with Crippen LogP contribution in [0.4, 0.5) is 5.82 Å². The van der Waals surface area contributed by atoms with Crippen molar-refractivity contribution in [2.75, 3.05) is 7.11 Å². The van der Waals surface area contributed by atoms with Gasteiger partial charge in [-0.3, -0.25) is 4.79 Å². The number of methoxy groups -OCH3 is 1. The van der Waals surface area contributed by atoms with Gasteiger partial charge in [-0.2, -0.15) is 5.10 Å². The third-order valence-corrected chi connectivity index (χ3v) is 8.64. The lowest BCUT2D eigenvalue weighted by molar-refractivity contribution is 0.0948. The fraction of sp³-hybridized carbons (Fsp3) is 0.179. The number of nitrogens with one attached hydrogen (secondary N) is 1.